The van der Waals surface area contributed by atoms with Gasteiger partial charge in [0, 0.05) is 19.4 Å². The van der Waals surface area contributed by atoms with E-state index in [9.17, 15) is 4.79 Å². The highest BCUT2D eigenvalue weighted by Crippen LogP contribution is 2.67. The van der Waals surface area contributed by atoms with Gasteiger partial charge >= 0.3 is 0 Å². The molecule has 2 nitrogen and oxygen atoms in total. The van der Waals surface area contributed by atoms with Gasteiger partial charge in [-0.3, -0.25) is 4.79 Å². The molecule has 0 spiro atoms. The fraction of sp³-hybridized carbons (Fsp3) is 0.880. The molecule has 4 rings (SSSR count). The first kappa shape index (κ1) is 21.1. The summed E-state index contributed by atoms with van der Waals surface area (Å²) >= 11 is 0. The molecule has 4 saturated carbocycles. The molecule has 0 aromatic carbocycles. The third-order valence-electron chi connectivity index (χ3n) is 9.37. The molecule has 0 aromatic heterocycles. The number of hydrogen-bond acceptors (Lipinski definition) is 2. The minimum Gasteiger partial charge on any atom is -0.397 e. The molecule has 0 heterocycles. The van der Waals surface area contributed by atoms with Gasteiger partial charge in [0.05, 0.1) is 0 Å². The average Bonchev–Trinajstić information content (AvgIpc) is 2.89. The predicted molar refractivity (Wildman–Crippen MR) is 112 cm³/mol. The molecule has 7 atom stereocenters. The smallest absolute Gasteiger partial charge is 0.132 e. The third-order valence-corrected chi connectivity index (χ3v) is 9.37. The molecule has 2 heteroatoms. The van der Waals surface area contributed by atoms with E-state index in [1.165, 1.54) is 56.9 Å². The summed E-state index contributed by atoms with van der Waals surface area (Å²) in [6, 6.07) is 0. The molecule has 154 valence electrons. The van der Waals surface area contributed by atoms with Crippen molar-refractivity contribution in [2.24, 2.45) is 40.4 Å². The highest BCUT2D eigenvalue weighted by atomic mass is 16.2. The summed E-state index contributed by atoms with van der Waals surface area (Å²) < 4.78 is 0. The van der Waals surface area contributed by atoms with Crippen molar-refractivity contribution in [3.63, 3.8) is 0 Å². The third kappa shape index (κ3) is 3.56. The van der Waals surface area contributed by atoms with Crippen LogP contribution in [0.1, 0.15) is 91.9 Å². The van der Waals surface area contributed by atoms with E-state index in [-0.39, 0.29) is 6.61 Å². The molecule has 4 fully saturated rings. The maximum Gasteiger partial charge on any atom is 0.132 e. The molecule has 0 aliphatic heterocycles. The summed E-state index contributed by atoms with van der Waals surface area (Å²) in [4.78, 5) is 12.1. The topological polar surface area (TPSA) is 37.3 Å². The van der Waals surface area contributed by atoms with E-state index in [1.54, 1.807) is 6.92 Å². The fourth-order valence-electron chi connectivity index (χ4n) is 8.08. The van der Waals surface area contributed by atoms with Crippen LogP contribution in [0.5, 0.6) is 0 Å². The van der Waals surface area contributed by atoms with Crippen molar-refractivity contribution in [3.8, 4) is 0 Å². The van der Waals surface area contributed by atoms with Crippen molar-refractivity contribution in [2.45, 2.75) is 91.9 Å². The summed E-state index contributed by atoms with van der Waals surface area (Å²) in [6.45, 7) is 13.7. The molecular weight excluding hydrogens is 332 g/mol. The van der Waals surface area contributed by atoms with Crippen LogP contribution >= 0.6 is 0 Å². The van der Waals surface area contributed by atoms with E-state index in [4.69, 9.17) is 5.11 Å². The normalized spacial score (nSPS) is 46.3. The van der Waals surface area contributed by atoms with Crippen LogP contribution < -0.4 is 0 Å². The van der Waals surface area contributed by atoms with E-state index < -0.39 is 0 Å². The van der Waals surface area contributed by atoms with Crippen LogP contribution in [0.3, 0.4) is 0 Å². The zero-order chi connectivity index (χ0) is 19.8. The first-order chi connectivity index (χ1) is 12.8. The summed E-state index contributed by atoms with van der Waals surface area (Å²) in [5, 5.41) is 7.57. The molecule has 0 saturated heterocycles. The van der Waals surface area contributed by atoms with Gasteiger partial charge in [0.2, 0.25) is 0 Å². The zero-order valence-electron chi connectivity index (χ0n) is 18.2. The van der Waals surface area contributed by atoms with E-state index in [0.717, 1.165) is 42.4 Å². The molecule has 27 heavy (non-hydrogen) atoms. The Hall–Kier alpha value is -0.630. The maximum atomic E-state index is 12.1. The SMILES string of the molecule is C=C(C)C1CCC2C3CCC4CCC(=O)CCC4(C)C3CCC12C.CCO. The number of carbonyl (C=O) groups excluding carboxylic acids is 1. The van der Waals surface area contributed by atoms with Crippen LogP contribution in [0.2, 0.25) is 0 Å². The Balaban J connectivity index is 0.000000659. The van der Waals surface area contributed by atoms with Crippen molar-refractivity contribution in [1.29, 1.82) is 0 Å². The monoisotopic (exact) mass is 374 g/mol. The lowest BCUT2D eigenvalue weighted by Gasteiger charge is -2.59. The quantitative estimate of drug-likeness (QED) is 0.556. The standard InChI is InChI=1S/C23H36O.C2H6O/c1-15(2)19-9-10-20-18-8-6-16-5-7-17(24)11-13-22(16,3)21(18)12-14-23(19,20)4;1-2-3/h16,18-21H,1,5-14H2,2-4H3;3H,2H2,1H3. The molecule has 0 radical (unpaired) electrons. The molecular formula is C25H42O2. The molecule has 1 N–H and O–H groups in total. The highest BCUT2D eigenvalue weighted by Gasteiger charge is 2.59. The number of rotatable bonds is 1. The minimum atomic E-state index is 0.250. The second kappa shape index (κ2) is 8.01. The number of aliphatic hydroxyl groups excluding tert-OH is 1. The Bertz CT molecular complexity index is 567. The Kier molecular flexibility index (Phi) is 6.26. The van der Waals surface area contributed by atoms with Gasteiger partial charge in [-0.15, -0.1) is 0 Å². The summed E-state index contributed by atoms with van der Waals surface area (Å²) in [7, 11) is 0. The molecule has 4 aliphatic carbocycles. The van der Waals surface area contributed by atoms with Gasteiger partial charge in [0.25, 0.3) is 0 Å². The lowest BCUT2D eigenvalue weighted by molar-refractivity contribution is -0.119. The highest BCUT2D eigenvalue weighted by molar-refractivity contribution is 5.78. The number of aliphatic hydroxyl groups is 1. The lowest BCUT2D eigenvalue weighted by Crippen LogP contribution is -2.51. The minimum absolute atomic E-state index is 0.250. The van der Waals surface area contributed by atoms with Gasteiger partial charge in [0.1, 0.15) is 5.78 Å². The zero-order valence-corrected chi connectivity index (χ0v) is 18.2. The van der Waals surface area contributed by atoms with E-state index >= 15 is 0 Å². The summed E-state index contributed by atoms with van der Waals surface area (Å²) in [5.41, 5.74) is 2.38. The van der Waals surface area contributed by atoms with Crippen molar-refractivity contribution < 1.29 is 9.90 Å². The molecule has 0 aromatic rings. The largest absolute Gasteiger partial charge is 0.397 e. The van der Waals surface area contributed by atoms with Gasteiger partial charge in [-0.05, 0) is 106 Å². The molecule has 0 bridgehead atoms. The molecule has 4 aliphatic rings. The van der Waals surface area contributed by atoms with Crippen LogP contribution in [0.15, 0.2) is 12.2 Å². The van der Waals surface area contributed by atoms with Crippen molar-refractivity contribution in [3.05, 3.63) is 12.2 Å². The van der Waals surface area contributed by atoms with Crippen LogP contribution in [0, 0.1) is 40.4 Å². The number of fused-ring (bicyclic) bond motifs is 5. The van der Waals surface area contributed by atoms with Crippen LogP contribution in [0.25, 0.3) is 0 Å². The van der Waals surface area contributed by atoms with Crippen LogP contribution in [-0.4, -0.2) is 17.5 Å². The second-order valence-corrected chi connectivity index (χ2v) is 10.6. The Labute approximate surface area is 167 Å². The summed E-state index contributed by atoms with van der Waals surface area (Å²) in [5.74, 6) is 4.81. The van der Waals surface area contributed by atoms with Gasteiger partial charge < -0.3 is 5.11 Å². The van der Waals surface area contributed by atoms with Gasteiger partial charge in [-0.1, -0.05) is 26.0 Å². The fourth-order valence-corrected chi connectivity index (χ4v) is 8.08. The first-order valence-electron chi connectivity index (χ1n) is 11.6. The maximum absolute atomic E-state index is 12.1. The lowest BCUT2D eigenvalue weighted by atomic mass is 9.46. The van der Waals surface area contributed by atoms with Gasteiger partial charge in [-0.2, -0.15) is 0 Å². The number of allylic oxidation sites excluding steroid dienone is 1. The average molecular weight is 375 g/mol. The van der Waals surface area contributed by atoms with E-state index in [2.05, 4.69) is 27.4 Å². The Morgan fingerprint density at radius 2 is 1.67 bits per heavy atom. The predicted octanol–water partition coefficient (Wildman–Crippen LogP) is 6.18. The Morgan fingerprint density at radius 3 is 2.33 bits per heavy atom. The number of ketones is 1. The van der Waals surface area contributed by atoms with E-state index in [1.807, 2.05) is 0 Å². The second-order valence-electron chi connectivity index (χ2n) is 10.6. The summed E-state index contributed by atoms with van der Waals surface area (Å²) in [6.07, 6.45) is 12.5. The van der Waals surface area contributed by atoms with Crippen molar-refractivity contribution >= 4 is 5.78 Å². The van der Waals surface area contributed by atoms with Crippen LogP contribution in [-0.2, 0) is 4.79 Å². The van der Waals surface area contributed by atoms with E-state index in [0.29, 0.717) is 16.6 Å². The van der Waals surface area contributed by atoms with Crippen molar-refractivity contribution in [1.82, 2.24) is 0 Å². The molecule has 0 amide bonds. The number of Topliss-reactive ketones (excluding diaryl/α,β-unsaturated/α-hetero) is 1. The number of carbonyl (C=O) groups is 1. The number of hydrogen-bond donors (Lipinski definition) is 1. The van der Waals surface area contributed by atoms with Gasteiger partial charge in [0.15, 0.2) is 0 Å². The van der Waals surface area contributed by atoms with Crippen molar-refractivity contribution in [2.75, 3.05) is 6.61 Å². The van der Waals surface area contributed by atoms with Crippen LogP contribution in [0.4, 0.5) is 0 Å². The van der Waals surface area contributed by atoms with Gasteiger partial charge in [-0.25, -0.2) is 0 Å². The molecule has 7 unspecified atom stereocenters. The first-order valence-corrected chi connectivity index (χ1v) is 11.6. The Morgan fingerprint density at radius 1 is 1.00 bits per heavy atom.